The first-order chi connectivity index (χ1) is 15.1. The van der Waals surface area contributed by atoms with Crippen LogP contribution in [0.5, 0.6) is 0 Å². The highest BCUT2D eigenvalue weighted by Gasteiger charge is 2.29. The van der Waals surface area contributed by atoms with Crippen molar-refractivity contribution < 1.29 is 9.53 Å². The van der Waals surface area contributed by atoms with Gasteiger partial charge in [-0.3, -0.25) is 0 Å². The zero-order valence-electron chi connectivity index (χ0n) is 17.0. The molecule has 5 rings (SSSR count). The van der Waals surface area contributed by atoms with Crippen LogP contribution in [0.3, 0.4) is 0 Å². The van der Waals surface area contributed by atoms with Gasteiger partial charge in [0.1, 0.15) is 11.8 Å². The predicted octanol–water partition coefficient (Wildman–Crippen LogP) is 6.49. The SMILES string of the molecule is CC(NC(=O)OCC1c2ccccc2-c2ccccc21)c1cc2ccccc2c(Cl)n1. The number of nitrogens with zero attached hydrogens (tertiary/aromatic N) is 1. The van der Waals surface area contributed by atoms with E-state index in [2.05, 4.69) is 34.6 Å². The van der Waals surface area contributed by atoms with Gasteiger partial charge in [-0.15, -0.1) is 0 Å². The second kappa shape index (κ2) is 8.05. The standard InChI is InChI=1S/C26H21ClN2O2/c1-16(24-14-17-8-2-3-9-18(17)25(27)29-24)28-26(30)31-15-23-21-12-6-4-10-19(21)20-11-5-7-13-22(20)23/h2-14,16,23H,15H2,1H3,(H,28,30). The summed E-state index contributed by atoms with van der Waals surface area (Å²) >= 11 is 6.33. The summed E-state index contributed by atoms with van der Waals surface area (Å²) in [5, 5.41) is 5.18. The number of rotatable bonds is 4. The molecule has 0 bridgehead atoms. The van der Waals surface area contributed by atoms with Crippen LogP contribution in [0.2, 0.25) is 5.15 Å². The largest absolute Gasteiger partial charge is 0.449 e. The highest BCUT2D eigenvalue weighted by atomic mass is 35.5. The average molecular weight is 429 g/mol. The van der Waals surface area contributed by atoms with Gasteiger partial charge in [0.25, 0.3) is 0 Å². The van der Waals surface area contributed by atoms with Crippen molar-refractivity contribution in [2.24, 2.45) is 0 Å². The maximum atomic E-state index is 12.6. The molecule has 3 aromatic carbocycles. The minimum Gasteiger partial charge on any atom is -0.449 e. The third-order valence-corrected chi connectivity index (χ3v) is 6.12. The summed E-state index contributed by atoms with van der Waals surface area (Å²) in [6.45, 7) is 2.15. The van der Waals surface area contributed by atoms with Crippen molar-refractivity contribution in [3.63, 3.8) is 0 Å². The van der Waals surface area contributed by atoms with Gasteiger partial charge in [0.05, 0.1) is 11.7 Å². The second-order valence-electron chi connectivity index (χ2n) is 7.75. The lowest BCUT2D eigenvalue weighted by Gasteiger charge is -2.17. The van der Waals surface area contributed by atoms with E-state index in [4.69, 9.17) is 16.3 Å². The lowest BCUT2D eigenvalue weighted by molar-refractivity contribution is 0.139. The van der Waals surface area contributed by atoms with E-state index in [0.29, 0.717) is 10.8 Å². The van der Waals surface area contributed by atoms with E-state index in [1.54, 1.807) is 0 Å². The first kappa shape index (κ1) is 19.6. The predicted molar refractivity (Wildman–Crippen MR) is 123 cm³/mol. The molecule has 1 aromatic heterocycles. The smallest absolute Gasteiger partial charge is 0.407 e. The van der Waals surface area contributed by atoms with E-state index in [1.807, 2.05) is 61.5 Å². The van der Waals surface area contributed by atoms with E-state index in [-0.39, 0.29) is 18.6 Å². The van der Waals surface area contributed by atoms with Crippen molar-refractivity contribution in [2.45, 2.75) is 18.9 Å². The van der Waals surface area contributed by atoms with Crippen LogP contribution >= 0.6 is 11.6 Å². The van der Waals surface area contributed by atoms with Gasteiger partial charge >= 0.3 is 6.09 Å². The molecular formula is C26H21ClN2O2. The molecular weight excluding hydrogens is 408 g/mol. The third-order valence-electron chi connectivity index (χ3n) is 5.84. The first-order valence-electron chi connectivity index (χ1n) is 10.3. The maximum absolute atomic E-state index is 12.6. The van der Waals surface area contributed by atoms with Crippen molar-refractivity contribution in [3.8, 4) is 11.1 Å². The number of pyridine rings is 1. The van der Waals surface area contributed by atoms with Crippen molar-refractivity contribution in [1.29, 1.82) is 0 Å². The average Bonchev–Trinajstić information content (AvgIpc) is 3.11. The van der Waals surface area contributed by atoms with E-state index in [0.717, 1.165) is 10.8 Å². The number of nitrogens with one attached hydrogen (secondary N) is 1. The molecule has 5 heteroatoms. The van der Waals surface area contributed by atoms with Crippen molar-refractivity contribution in [1.82, 2.24) is 10.3 Å². The Morgan fingerprint density at radius 2 is 1.61 bits per heavy atom. The lowest BCUT2D eigenvalue weighted by atomic mass is 9.98. The number of aromatic nitrogens is 1. The van der Waals surface area contributed by atoms with Gasteiger partial charge in [0, 0.05) is 11.3 Å². The van der Waals surface area contributed by atoms with Crippen LogP contribution in [0, 0.1) is 0 Å². The Morgan fingerprint density at radius 3 is 2.32 bits per heavy atom. The summed E-state index contributed by atoms with van der Waals surface area (Å²) in [6, 6.07) is 25.9. The van der Waals surface area contributed by atoms with Gasteiger partial charge in [-0.1, -0.05) is 84.4 Å². The molecule has 1 unspecified atom stereocenters. The van der Waals surface area contributed by atoms with Crippen molar-refractivity contribution in [2.75, 3.05) is 6.61 Å². The number of alkyl carbamates (subject to hydrolysis) is 1. The van der Waals surface area contributed by atoms with Crippen molar-refractivity contribution >= 4 is 28.5 Å². The Kier molecular flexibility index (Phi) is 5.08. The summed E-state index contributed by atoms with van der Waals surface area (Å²) < 4.78 is 5.64. The molecule has 1 aliphatic rings. The van der Waals surface area contributed by atoms with Gasteiger partial charge in [-0.2, -0.15) is 0 Å². The molecule has 0 aliphatic heterocycles. The molecule has 31 heavy (non-hydrogen) atoms. The zero-order valence-corrected chi connectivity index (χ0v) is 17.8. The number of fused-ring (bicyclic) bond motifs is 4. The normalized spacial score (nSPS) is 13.5. The molecule has 4 aromatic rings. The molecule has 154 valence electrons. The summed E-state index contributed by atoms with van der Waals surface area (Å²) in [5.41, 5.74) is 5.48. The van der Waals surface area contributed by atoms with Gasteiger partial charge in [-0.25, -0.2) is 9.78 Å². The fraction of sp³-hybridized carbons (Fsp3) is 0.154. The first-order valence-corrected chi connectivity index (χ1v) is 10.7. The maximum Gasteiger partial charge on any atom is 0.407 e. The van der Waals surface area contributed by atoms with Crippen LogP contribution in [0.15, 0.2) is 78.9 Å². The molecule has 1 atom stereocenters. The molecule has 0 saturated heterocycles. The molecule has 0 spiro atoms. The van der Waals surface area contributed by atoms with E-state index in [1.165, 1.54) is 22.3 Å². The summed E-state index contributed by atoms with van der Waals surface area (Å²) in [5.74, 6) is 0.0293. The molecule has 1 heterocycles. The third kappa shape index (κ3) is 3.64. The van der Waals surface area contributed by atoms with Crippen molar-refractivity contribution in [3.05, 3.63) is 101 Å². The number of hydrogen-bond acceptors (Lipinski definition) is 3. The highest BCUT2D eigenvalue weighted by Crippen LogP contribution is 2.44. The highest BCUT2D eigenvalue weighted by molar-refractivity contribution is 6.34. The fourth-order valence-electron chi connectivity index (χ4n) is 4.29. The quantitative estimate of drug-likeness (QED) is 0.378. The number of carbonyl (C=O) groups excluding carboxylic acids is 1. The van der Waals surface area contributed by atoms with Crippen LogP contribution in [-0.4, -0.2) is 17.7 Å². The van der Waals surface area contributed by atoms with E-state index in [9.17, 15) is 4.79 Å². The Balaban J connectivity index is 1.30. The number of amides is 1. The Labute approximate surface area is 185 Å². The number of halogens is 1. The summed E-state index contributed by atoms with van der Waals surface area (Å²) in [4.78, 5) is 17.0. The Bertz CT molecular complexity index is 1240. The summed E-state index contributed by atoms with van der Waals surface area (Å²) in [6.07, 6.45) is -0.472. The van der Waals surface area contributed by atoms with Crippen LogP contribution in [0.4, 0.5) is 4.79 Å². The zero-order chi connectivity index (χ0) is 21.4. The number of benzene rings is 3. The van der Waals surface area contributed by atoms with Crippen LogP contribution in [0.25, 0.3) is 21.9 Å². The molecule has 0 fully saturated rings. The topological polar surface area (TPSA) is 51.2 Å². The van der Waals surface area contributed by atoms with Gasteiger partial charge in [0.2, 0.25) is 0 Å². The van der Waals surface area contributed by atoms with Gasteiger partial charge in [-0.05, 0) is 40.6 Å². The van der Waals surface area contributed by atoms with E-state index >= 15 is 0 Å². The molecule has 4 nitrogen and oxygen atoms in total. The number of hydrogen-bond donors (Lipinski definition) is 1. The molecule has 1 N–H and O–H groups in total. The number of carbonyl (C=O) groups is 1. The molecule has 1 aliphatic carbocycles. The Hall–Kier alpha value is -3.37. The minimum atomic E-state index is -0.472. The van der Waals surface area contributed by atoms with Gasteiger partial charge < -0.3 is 10.1 Å². The summed E-state index contributed by atoms with van der Waals surface area (Å²) in [7, 11) is 0. The van der Waals surface area contributed by atoms with Crippen LogP contribution in [-0.2, 0) is 4.74 Å². The Morgan fingerprint density at radius 1 is 1.00 bits per heavy atom. The second-order valence-corrected chi connectivity index (χ2v) is 8.11. The monoisotopic (exact) mass is 428 g/mol. The van der Waals surface area contributed by atoms with Crippen LogP contribution in [0.1, 0.15) is 35.7 Å². The molecule has 1 amide bonds. The lowest BCUT2D eigenvalue weighted by Crippen LogP contribution is -2.29. The molecule has 0 saturated carbocycles. The fourth-order valence-corrected chi connectivity index (χ4v) is 4.56. The van der Waals surface area contributed by atoms with E-state index < -0.39 is 6.09 Å². The minimum absolute atomic E-state index is 0.0293. The molecule has 0 radical (unpaired) electrons. The number of ether oxygens (including phenoxy) is 1. The van der Waals surface area contributed by atoms with Gasteiger partial charge in [0.15, 0.2) is 0 Å². The van der Waals surface area contributed by atoms with Crippen LogP contribution < -0.4 is 5.32 Å².